The Hall–Kier alpha value is -1.59. The van der Waals surface area contributed by atoms with Gasteiger partial charge in [-0.25, -0.2) is 0 Å². The Morgan fingerprint density at radius 3 is 3.00 bits per heavy atom. The largest absolute Gasteiger partial charge is 0.378 e. The number of allylic oxidation sites excluding steroid dienone is 1. The minimum atomic E-state index is -0.367. The Balaban J connectivity index is 2.41. The van der Waals surface area contributed by atoms with Crippen LogP contribution < -0.4 is 5.32 Å². The van der Waals surface area contributed by atoms with Gasteiger partial charge in [-0.2, -0.15) is 0 Å². The topological polar surface area (TPSA) is 58.4 Å². The third-order valence-corrected chi connectivity index (χ3v) is 3.92. The Bertz CT molecular complexity index is 545. The number of nitro groups is 1. The zero-order chi connectivity index (χ0) is 14.7. The van der Waals surface area contributed by atoms with Gasteiger partial charge in [0.2, 0.25) is 0 Å². The monoisotopic (exact) mass is 295 g/mol. The van der Waals surface area contributed by atoms with Crippen LogP contribution in [0.5, 0.6) is 0 Å². The van der Waals surface area contributed by atoms with Crippen LogP contribution in [0.15, 0.2) is 24.3 Å². The number of benzene rings is 1. The van der Waals surface area contributed by atoms with Gasteiger partial charge in [0.15, 0.2) is 0 Å². The molecule has 108 valence electrons. The van der Waals surface area contributed by atoms with Crippen LogP contribution in [0.4, 0.5) is 11.4 Å². The predicted molar refractivity (Wildman–Crippen MR) is 81.3 cm³/mol. The van der Waals surface area contributed by atoms with E-state index in [2.05, 4.69) is 23.2 Å². The fourth-order valence-corrected chi connectivity index (χ4v) is 2.55. The van der Waals surface area contributed by atoms with Crippen molar-refractivity contribution in [1.82, 2.24) is 4.90 Å². The number of anilines is 1. The molecule has 1 aromatic carbocycles. The standard InChI is InChI=1S/C14H18ClN3O2/c1-3-4-7-17-9-11-12(15)5-6-13(18(19)20)14(11)16-8-10(17)2/h3-6,10,16H,7-9H2,1-2H3/b4-3-/t10-/m0/s1. The fraction of sp³-hybridized carbons (Fsp3) is 0.429. The van der Waals surface area contributed by atoms with Gasteiger partial charge in [0.25, 0.3) is 5.69 Å². The average molecular weight is 296 g/mol. The number of nitrogens with one attached hydrogen (secondary N) is 1. The van der Waals surface area contributed by atoms with Crippen LogP contribution in [0.25, 0.3) is 0 Å². The highest BCUT2D eigenvalue weighted by Gasteiger charge is 2.26. The van der Waals surface area contributed by atoms with E-state index in [0.29, 0.717) is 23.8 Å². The van der Waals surface area contributed by atoms with E-state index in [9.17, 15) is 10.1 Å². The number of halogens is 1. The third-order valence-electron chi connectivity index (χ3n) is 3.56. The number of fused-ring (bicyclic) bond motifs is 1. The van der Waals surface area contributed by atoms with Gasteiger partial charge in [0, 0.05) is 42.3 Å². The predicted octanol–water partition coefficient (Wildman–Crippen LogP) is 3.44. The van der Waals surface area contributed by atoms with Crippen molar-refractivity contribution in [2.24, 2.45) is 0 Å². The lowest BCUT2D eigenvalue weighted by Crippen LogP contribution is -2.35. The lowest BCUT2D eigenvalue weighted by Gasteiger charge is -2.25. The molecule has 1 aromatic rings. The molecule has 5 nitrogen and oxygen atoms in total. The molecule has 0 saturated heterocycles. The molecule has 0 saturated carbocycles. The third kappa shape index (κ3) is 2.94. The van der Waals surface area contributed by atoms with Gasteiger partial charge in [-0.1, -0.05) is 23.8 Å². The molecule has 1 aliphatic rings. The van der Waals surface area contributed by atoms with Gasteiger partial charge in [0.05, 0.1) is 4.92 Å². The second kappa shape index (κ2) is 6.24. The van der Waals surface area contributed by atoms with Crippen molar-refractivity contribution in [3.8, 4) is 0 Å². The van der Waals surface area contributed by atoms with Crippen LogP contribution in [0.1, 0.15) is 19.4 Å². The van der Waals surface area contributed by atoms with Crippen molar-refractivity contribution in [1.29, 1.82) is 0 Å². The highest BCUT2D eigenvalue weighted by Crippen LogP contribution is 2.36. The summed E-state index contributed by atoms with van der Waals surface area (Å²) in [6, 6.07) is 3.33. The highest BCUT2D eigenvalue weighted by molar-refractivity contribution is 6.32. The van der Waals surface area contributed by atoms with E-state index in [1.165, 1.54) is 6.07 Å². The quantitative estimate of drug-likeness (QED) is 0.527. The number of hydrogen-bond donors (Lipinski definition) is 1. The van der Waals surface area contributed by atoms with Gasteiger partial charge < -0.3 is 5.32 Å². The number of hydrogen-bond acceptors (Lipinski definition) is 4. The van der Waals surface area contributed by atoms with Crippen molar-refractivity contribution in [3.05, 3.63) is 45.0 Å². The van der Waals surface area contributed by atoms with E-state index >= 15 is 0 Å². The first-order valence-electron chi connectivity index (χ1n) is 6.59. The molecule has 0 bridgehead atoms. The lowest BCUT2D eigenvalue weighted by molar-refractivity contribution is -0.384. The number of rotatable bonds is 3. The van der Waals surface area contributed by atoms with E-state index in [1.807, 2.05) is 13.0 Å². The molecule has 1 aliphatic heterocycles. The summed E-state index contributed by atoms with van der Waals surface area (Å²) in [5, 5.41) is 14.9. The van der Waals surface area contributed by atoms with E-state index in [0.717, 1.165) is 12.1 Å². The van der Waals surface area contributed by atoms with E-state index in [1.54, 1.807) is 6.07 Å². The summed E-state index contributed by atoms with van der Waals surface area (Å²) in [7, 11) is 0. The molecule has 0 aromatic heterocycles. The van der Waals surface area contributed by atoms with Gasteiger partial charge in [-0.05, 0) is 19.9 Å². The molecular weight excluding hydrogens is 278 g/mol. The molecule has 20 heavy (non-hydrogen) atoms. The molecule has 0 spiro atoms. The Labute approximate surface area is 123 Å². The maximum Gasteiger partial charge on any atom is 0.292 e. The van der Waals surface area contributed by atoms with Gasteiger partial charge in [-0.3, -0.25) is 15.0 Å². The maximum absolute atomic E-state index is 11.1. The molecule has 2 rings (SSSR count). The van der Waals surface area contributed by atoms with Gasteiger partial charge in [-0.15, -0.1) is 0 Å². The summed E-state index contributed by atoms with van der Waals surface area (Å²) < 4.78 is 0. The van der Waals surface area contributed by atoms with Crippen LogP contribution in [-0.2, 0) is 6.54 Å². The fourth-order valence-electron chi connectivity index (χ4n) is 2.34. The highest BCUT2D eigenvalue weighted by atomic mass is 35.5. The molecule has 1 N–H and O–H groups in total. The van der Waals surface area contributed by atoms with Gasteiger partial charge >= 0.3 is 0 Å². The second-order valence-corrected chi connectivity index (χ2v) is 5.31. The number of nitro benzene ring substituents is 1. The van der Waals surface area contributed by atoms with Crippen LogP contribution in [0, 0.1) is 10.1 Å². The van der Waals surface area contributed by atoms with Crippen LogP contribution in [0.2, 0.25) is 5.02 Å². The summed E-state index contributed by atoms with van der Waals surface area (Å²) in [4.78, 5) is 13.0. The maximum atomic E-state index is 11.1. The zero-order valence-electron chi connectivity index (χ0n) is 11.6. The Kier molecular flexibility index (Phi) is 4.62. The lowest BCUT2D eigenvalue weighted by atomic mass is 10.1. The molecule has 0 radical (unpaired) electrons. The molecule has 0 fully saturated rings. The first-order valence-corrected chi connectivity index (χ1v) is 6.97. The van der Waals surface area contributed by atoms with Crippen LogP contribution >= 0.6 is 11.6 Å². The molecule has 1 heterocycles. The molecule has 0 aliphatic carbocycles. The van der Waals surface area contributed by atoms with Crippen molar-refractivity contribution >= 4 is 23.0 Å². The molecule has 0 amide bonds. The summed E-state index contributed by atoms with van der Waals surface area (Å²) >= 11 is 6.23. The summed E-state index contributed by atoms with van der Waals surface area (Å²) in [6.45, 7) is 6.15. The Morgan fingerprint density at radius 2 is 2.35 bits per heavy atom. The molecule has 0 unspecified atom stereocenters. The normalized spacial score (nSPS) is 19.4. The Morgan fingerprint density at radius 1 is 1.60 bits per heavy atom. The zero-order valence-corrected chi connectivity index (χ0v) is 12.4. The van der Waals surface area contributed by atoms with E-state index < -0.39 is 0 Å². The second-order valence-electron chi connectivity index (χ2n) is 4.91. The van der Waals surface area contributed by atoms with E-state index in [-0.39, 0.29) is 16.7 Å². The molecule has 6 heteroatoms. The minimum Gasteiger partial charge on any atom is -0.378 e. The SMILES string of the molecule is C/C=C\CN1Cc2c(Cl)ccc([N+](=O)[O-])c2NC[C@@H]1C. The van der Waals surface area contributed by atoms with Crippen molar-refractivity contribution < 1.29 is 4.92 Å². The average Bonchev–Trinajstić information content (AvgIpc) is 2.57. The van der Waals surface area contributed by atoms with E-state index in [4.69, 9.17) is 11.6 Å². The summed E-state index contributed by atoms with van der Waals surface area (Å²) in [6.07, 6.45) is 4.08. The first-order chi connectivity index (χ1) is 9.54. The molecular formula is C14H18ClN3O2. The van der Waals surface area contributed by atoms with Crippen LogP contribution in [0.3, 0.4) is 0 Å². The van der Waals surface area contributed by atoms with Crippen LogP contribution in [-0.4, -0.2) is 29.0 Å². The summed E-state index contributed by atoms with van der Waals surface area (Å²) in [5.74, 6) is 0. The smallest absolute Gasteiger partial charge is 0.292 e. The summed E-state index contributed by atoms with van der Waals surface area (Å²) in [5.41, 5.74) is 1.44. The van der Waals surface area contributed by atoms with Crippen molar-refractivity contribution in [2.75, 3.05) is 18.4 Å². The van der Waals surface area contributed by atoms with Gasteiger partial charge in [0.1, 0.15) is 5.69 Å². The first kappa shape index (κ1) is 14.8. The molecule has 1 atom stereocenters. The van der Waals surface area contributed by atoms with Crippen molar-refractivity contribution in [3.63, 3.8) is 0 Å². The van der Waals surface area contributed by atoms with Crippen molar-refractivity contribution in [2.45, 2.75) is 26.4 Å². The minimum absolute atomic E-state index is 0.0875. The number of nitrogens with zero attached hydrogens (tertiary/aromatic N) is 2.